The Balaban J connectivity index is 2.33. The van der Waals surface area contributed by atoms with Crippen LogP contribution in [0.1, 0.15) is 39.5 Å². The number of hydrogen-bond donors (Lipinski definition) is 0. The van der Waals surface area contributed by atoms with Crippen molar-refractivity contribution < 1.29 is 16.8 Å². The smallest absolute Gasteiger partial charge is 0.198 e. The van der Waals surface area contributed by atoms with Crippen molar-refractivity contribution in [3.8, 4) is 0 Å². The summed E-state index contributed by atoms with van der Waals surface area (Å²) in [7, 11) is -8.26. The SMILES string of the molecule is CCC1(CC)CC(S(=O)(=O)c2ccccc2)(S(=O)(=O)c2ccccc2)CC1CI. The molecule has 0 aliphatic heterocycles. The van der Waals surface area contributed by atoms with Gasteiger partial charge in [-0.3, -0.25) is 0 Å². The first kappa shape index (κ1) is 22.7. The third-order valence-corrected chi connectivity index (χ3v) is 13.5. The second-order valence-electron chi connectivity index (χ2n) is 7.85. The van der Waals surface area contributed by atoms with Crippen LogP contribution >= 0.6 is 22.6 Å². The molecule has 0 N–H and O–H groups in total. The maximum absolute atomic E-state index is 14.0. The summed E-state index contributed by atoms with van der Waals surface area (Å²) >= 11 is 2.27. The maximum Gasteiger partial charge on any atom is 0.198 e. The fraction of sp³-hybridized carbons (Fsp3) is 0.455. The van der Waals surface area contributed by atoms with Gasteiger partial charge in [0.1, 0.15) is 0 Å². The van der Waals surface area contributed by atoms with Crippen molar-refractivity contribution >= 4 is 42.3 Å². The molecule has 7 heteroatoms. The minimum absolute atomic E-state index is 0.0232. The monoisotopic (exact) mass is 546 g/mol. The van der Waals surface area contributed by atoms with Gasteiger partial charge in [-0.1, -0.05) is 85.7 Å². The van der Waals surface area contributed by atoms with E-state index in [9.17, 15) is 16.8 Å². The highest BCUT2D eigenvalue weighted by molar-refractivity contribution is 14.1. The number of halogens is 1. The first-order valence-corrected chi connectivity index (χ1v) is 14.4. The average Bonchev–Trinajstić information content (AvgIpc) is 3.12. The highest BCUT2D eigenvalue weighted by atomic mass is 127. The summed E-state index contributed by atoms with van der Waals surface area (Å²) in [6.07, 6.45) is 1.78. The van der Waals surface area contributed by atoms with Gasteiger partial charge in [0, 0.05) is 4.43 Å². The quantitative estimate of drug-likeness (QED) is 0.350. The number of sulfone groups is 2. The zero-order valence-electron chi connectivity index (χ0n) is 16.7. The Morgan fingerprint density at radius 3 is 1.55 bits per heavy atom. The van der Waals surface area contributed by atoms with Gasteiger partial charge in [0.25, 0.3) is 0 Å². The van der Waals surface area contributed by atoms with Gasteiger partial charge in [0.05, 0.1) is 9.79 Å². The highest BCUT2D eigenvalue weighted by Gasteiger charge is 2.65. The fourth-order valence-corrected chi connectivity index (χ4v) is 11.5. The summed E-state index contributed by atoms with van der Waals surface area (Å²) in [6.45, 7) is 4.09. The molecule has 29 heavy (non-hydrogen) atoms. The van der Waals surface area contributed by atoms with Crippen LogP contribution in [-0.2, 0) is 19.7 Å². The molecule has 158 valence electrons. The van der Waals surface area contributed by atoms with Crippen molar-refractivity contribution in [1.29, 1.82) is 0 Å². The van der Waals surface area contributed by atoms with Gasteiger partial charge in [0.15, 0.2) is 23.8 Å². The van der Waals surface area contributed by atoms with Crippen LogP contribution < -0.4 is 0 Å². The third kappa shape index (κ3) is 3.47. The molecule has 0 spiro atoms. The Hall–Kier alpha value is -0.930. The molecule has 0 bridgehead atoms. The van der Waals surface area contributed by atoms with Crippen molar-refractivity contribution in [2.75, 3.05) is 4.43 Å². The van der Waals surface area contributed by atoms with Crippen LogP contribution in [0.3, 0.4) is 0 Å². The van der Waals surface area contributed by atoms with E-state index in [4.69, 9.17) is 0 Å². The highest BCUT2D eigenvalue weighted by Crippen LogP contribution is 2.60. The molecule has 0 amide bonds. The Morgan fingerprint density at radius 1 is 0.828 bits per heavy atom. The number of alkyl halides is 1. The van der Waals surface area contributed by atoms with E-state index in [1.807, 2.05) is 13.8 Å². The minimum Gasteiger partial charge on any atom is -0.222 e. The molecule has 0 radical (unpaired) electrons. The zero-order valence-corrected chi connectivity index (χ0v) is 20.5. The van der Waals surface area contributed by atoms with Gasteiger partial charge >= 0.3 is 0 Å². The molecule has 3 rings (SSSR count). The lowest BCUT2D eigenvalue weighted by molar-refractivity contribution is 0.201. The second kappa shape index (κ2) is 8.30. The van der Waals surface area contributed by atoms with Crippen LogP contribution in [0.4, 0.5) is 0 Å². The predicted molar refractivity (Wildman–Crippen MR) is 125 cm³/mol. The molecule has 1 atom stereocenters. The van der Waals surface area contributed by atoms with Gasteiger partial charge in [-0.05, 0) is 48.4 Å². The van der Waals surface area contributed by atoms with Crippen LogP contribution in [0.5, 0.6) is 0 Å². The van der Waals surface area contributed by atoms with E-state index < -0.39 is 23.8 Å². The van der Waals surface area contributed by atoms with E-state index in [0.717, 1.165) is 17.3 Å². The second-order valence-corrected chi connectivity index (χ2v) is 13.5. The third-order valence-electron chi connectivity index (χ3n) is 6.73. The molecule has 1 fully saturated rings. The molecule has 1 aliphatic rings. The molecular formula is C22H27IO4S2. The van der Waals surface area contributed by atoms with Crippen LogP contribution in [0.25, 0.3) is 0 Å². The lowest BCUT2D eigenvalue weighted by atomic mass is 9.74. The van der Waals surface area contributed by atoms with Crippen molar-refractivity contribution in [1.82, 2.24) is 0 Å². The molecule has 4 nitrogen and oxygen atoms in total. The standard InChI is InChI=1S/C22H27IO4S2/c1-3-21(4-2)17-22(15-18(21)16-23,28(24,25)19-11-7-5-8-12-19)29(26,27)20-13-9-6-10-14-20/h5-14,18H,3-4,15-17H2,1-2H3. The summed E-state index contributed by atoms with van der Waals surface area (Å²) in [6, 6.07) is 16.1. The summed E-state index contributed by atoms with van der Waals surface area (Å²) in [4.78, 5) is 0.157. The molecule has 2 aromatic rings. The van der Waals surface area contributed by atoms with E-state index in [-0.39, 0.29) is 34.0 Å². The molecule has 0 aromatic heterocycles. The summed E-state index contributed by atoms with van der Waals surface area (Å²) in [5.74, 6) is 0.0232. The van der Waals surface area contributed by atoms with E-state index in [1.165, 1.54) is 24.3 Å². The number of benzene rings is 2. The van der Waals surface area contributed by atoms with E-state index in [1.54, 1.807) is 36.4 Å². The number of hydrogen-bond acceptors (Lipinski definition) is 4. The molecule has 1 saturated carbocycles. The van der Waals surface area contributed by atoms with Gasteiger partial charge in [-0.25, -0.2) is 16.8 Å². The molecule has 0 heterocycles. The molecule has 1 aliphatic carbocycles. The largest absolute Gasteiger partial charge is 0.222 e. The summed E-state index contributed by atoms with van der Waals surface area (Å²) in [5, 5.41) is 0. The molecule has 1 unspecified atom stereocenters. The van der Waals surface area contributed by atoms with Crippen molar-refractivity contribution in [2.24, 2.45) is 11.3 Å². The first-order valence-electron chi connectivity index (χ1n) is 9.86. The van der Waals surface area contributed by atoms with Crippen LogP contribution in [0, 0.1) is 11.3 Å². The Morgan fingerprint density at radius 2 is 1.24 bits per heavy atom. The molecule has 2 aromatic carbocycles. The average molecular weight is 546 g/mol. The maximum atomic E-state index is 14.0. The van der Waals surface area contributed by atoms with E-state index >= 15 is 0 Å². The molecular weight excluding hydrogens is 519 g/mol. The first-order chi connectivity index (χ1) is 13.7. The van der Waals surface area contributed by atoms with Crippen LogP contribution in [0.2, 0.25) is 0 Å². The van der Waals surface area contributed by atoms with Crippen molar-refractivity contribution in [3.63, 3.8) is 0 Å². The molecule has 0 saturated heterocycles. The summed E-state index contributed by atoms with van der Waals surface area (Å²) in [5.41, 5.74) is -0.315. The van der Waals surface area contributed by atoms with Gasteiger partial charge in [-0.15, -0.1) is 0 Å². The fourth-order valence-electron chi connectivity index (χ4n) is 4.82. The Bertz CT molecular complexity index is 975. The van der Waals surface area contributed by atoms with Gasteiger partial charge in [0.2, 0.25) is 0 Å². The topological polar surface area (TPSA) is 68.3 Å². The Kier molecular flexibility index (Phi) is 6.51. The minimum atomic E-state index is -4.13. The summed E-state index contributed by atoms with van der Waals surface area (Å²) < 4.78 is 54.8. The lowest BCUT2D eigenvalue weighted by Crippen LogP contribution is -2.45. The van der Waals surface area contributed by atoms with Crippen molar-refractivity contribution in [2.45, 2.75) is 53.4 Å². The number of rotatable bonds is 7. The normalized spacial score (nSPS) is 21.1. The Labute approximate surface area is 188 Å². The van der Waals surface area contributed by atoms with Gasteiger partial charge in [-0.2, -0.15) is 0 Å². The predicted octanol–water partition coefficient (Wildman–Crippen LogP) is 5.28. The zero-order chi connectivity index (χ0) is 21.3. The van der Waals surface area contributed by atoms with Crippen molar-refractivity contribution in [3.05, 3.63) is 60.7 Å². The van der Waals surface area contributed by atoms with Crippen LogP contribution in [-0.4, -0.2) is 25.3 Å². The van der Waals surface area contributed by atoms with E-state index in [2.05, 4.69) is 22.6 Å². The lowest BCUT2D eigenvalue weighted by Gasteiger charge is -2.34. The van der Waals surface area contributed by atoms with Gasteiger partial charge < -0.3 is 0 Å². The van der Waals surface area contributed by atoms with Crippen LogP contribution in [0.15, 0.2) is 70.5 Å². The van der Waals surface area contributed by atoms with E-state index in [0.29, 0.717) is 0 Å².